The lowest BCUT2D eigenvalue weighted by atomic mass is 9.93. The molecule has 0 bridgehead atoms. The second-order valence-electron chi connectivity index (χ2n) is 8.59. The molecule has 0 spiro atoms. The molecular weight excluding hydrogens is 833 g/mol. The summed E-state index contributed by atoms with van der Waals surface area (Å²) in [6, 6.07) is 33.7. The monoisotopic (exact) mass is 854 g/mol. The van der Waals surface area contributed by atoms with Crippen molar-refractivity contribution in [1.82, 2.24) is 0 Å². The van der Waals surface area contributed by atoms with E-state index in [4.69, 9.17) is 22.4 Å². The maximum atomic E-state index is 11.8. The van der Waals surface area contributed by atoms with Crippen LogP contribution in [0.1, 0.15) is 35.1 Å². The number of ketones is 1. The molecule has 16 heteroatoms. The van der Waals surface area contributed by atoms with Crippen molar-refractivity contribution in [2.75, 3.05) is 0 Å². The van der Waals surface area contributed by atoms with Crippen molar-refractivity contribution in [2.45, 2.75) is 19.3 Å². The van der Waals surface area contributed by atoms with Gasteiger partial charge in [-0.2, -0.15) is 0 Å². The van der Waals surface area contributed by atoms with Crippen LogP contribution >= 0.6 is 0 Å². The van der Waals surface area contributed by atoms with Crippen LogP contribution in [0.25, 0.3) is 22.3 Å². The van der Waals surface area contributed by atoms with Crippen LogP contribution in [0, 0.1) is 0 Å². The van der Waals surface area contributed by atoms with Crippen LogP contribution in [-0.4, -0.2) is 5.78 Å². The fourth-order valence-electron chi connectivity index (χ4n) is 4.80. The Labute approximate surface area is 304 Å². The van der Waals surface area contributed by atoms with Gasteiger partial charge >= 0.3 is 0 Å². The summed E-state index contributed by atoms with van der Waals surface area (Å²) in [6.45, 7) is 1.67. The highest BCUT2D eigenvalue weighted by Crippen LogP contribution is 2.44. The number of carbonyl (C=O) groups excluding carboxylic acids is 1. The van der Waals surface area contributed by atoms with E-state index in [1.54, 1.807) is 105 Å². The largest absolute Gasteiger partial charge is 0.299 e. The third-order valence-corrected chi connectivity index (χ3v) is 32.9. The molecule has 0 heterocycles. The van der Waals surface area contributed by atoms with Crippen LogP contribution in [0.15, 0.2) is 97.1 Å². The zero-order valence-corrected chi connectivity index (χ0v) is 34.8. The van der Waals surface area contributed by atoms with E-state index in [0.717, 1.165) is 17.5 Å². The number of fused-ring (bicyclic) bond motifs is 6. The first kappa shape index (κ1) is 36.7. The smallest absolute Gasteiger partial charge is 0.141 e. The summed E-state index contributed by atoms with van der Waals surface area (Å²) in [4.78, 5) is 11.8. The zero-order valence-electron chi connectivity index (χ0n) is 22.6. The maximum absolute atomic E-state index is 11.8. The van der Waals surface area contributed by atoms with Crippen molar-refractivity contribution >= 4 is 144 Å². The number of Topliss-reactive ketones (excluding diaryl/α,β-unsaturated/α-hetero) is 1. The Morgan fingerprint density at radius 1 is 0.500 bits per heavy atom. The molecule has 4 aromatic rings. The summed E-state index contributed by atoms with van der Waals surface area (Å²) in [7, 11) is 21.7. The topological polar surface area (TPSA) is 17.1 Å². The molecule has 0 aromatic heterocycles. The molecule has 0 N–H and O–H groups in total. The molecule has 0 aliphatic heterocycles. The average Bonchev–Trinajstić information content (AvgIpc) is 3.60. The van der Waals surface area contributed by atoms with E-state index in [1.165, 1.54) is 51.1 Å². The number of carbonyl (C=O) groups is 1. The molecule has 0 saturated carbocycles. The summed E-state index contributed by atoms with van der Waals surface area (Å²) in [5.74, 6) is 0.157. The van der Waals surface area contributed by atoms with E-state index < -0.39 is 0 Å². The first-order chi connectivity index (χ1) is 21.7. The highest BCUT2D eigenvalue weighted by atomic mass is 33.5. The Morgan fingerprint density at radius 3 is 1.18 bits per heavy atom. The van der Waals surface area contributed by atoms with Crippen LogP contribution in [0.2, 0.25) is 0 Å². The van der Waals surface area contributed by atoms with Gasteiger partial charge in [0.15, 0.2) is 0 Å². The predicted octanol–water partition coefficient (Wildman–Crippen LogP) is 6.61. The van der Waals surface area contributed by atoms with Crippen molar-refractivity contribution < 1.29 is 4.79 Å². The number of benzene rings is 4. The fraction of sp³-hybridized carbons (Fsp3) is 0.107. The lowest BCUT2D eigenvalue weighted by molar-refractivity contribution is -0.117. The third kappa shape index (κ3) is 11.0. The van der Waals surface area contributed by atoms with Crippen LogP contribution in [0.4, 0.5) is 0 Å². The lowest BCUT2D eigenvalue weighted by Gasteiger charge is -2.08. The first-order valence-corrected chi connectivity index (χ1v) is 31.1. The molecule has 0 amide bonds. The molecule has 230 valence electrons. The van der Waals surface area contributed by atoms with E-state index in [2.05, 4.69) is 72.8 Å². The quantitative estimate of drug-likeness (QED) is 0.189. The third-order valence-electron chi connectivity index (χ3n) is 6.28. The van der Waals surface area contributed by atoms with E-state index in [-0.39, 0.29) is 11.7 Å². The van der Waals surface area contributed by atoms with Crippen LogP contribution in [0.3, 0.4) is 0 Å². The van der Waals surface area contributed by atoms with Gasteiger partial charge in [-0.25, -0.2) is 0 Å². The average molecular weight is 855 g/mol. The van der Waals surface area contributed by atoms with Gasteiger partial charge in [-0.05, 0) is 57.9 Å². The summed E-state index contributed by atoms with van der Waals surface area (Å²) in [5, 5.41) is 0. The lowest BCUT2D eigenvalue weighted by Crippen LogP contribution is -2.06. The van der Waals surface area contributed by atoms with E-state index in [9.17, 15) is 4.79 Å². The van der Waals surface area contributed by atoms with Gasteiger partial charge in [-0.1, -0.05) is 97.1 Å². The van der Waals surface area contributed by atoms with Crippen molar-refractivity contribution in [2.24, 2.45) is 0 Å². The minimum Gasteiger partial charge on any atom is -0.299 e. The van der Waals surface area contributed by atoms with Gasteiger partial charge in [-0.15, -0.1) is 0 Å². The van der Waals surface area contributed by atoms with E-state index in [1.807, 2.05) is 24.3 Å². The number of hydrogen-bond donors (Lipinski definition) is 0. The predicted molar refractivity (Wildman–Crippen MR) is 230 cm³/mol. The van der Waals surface area contributed by atoms with Gasteiger partial charge in [0.2, 0.25) is 0 Å². The molecular formula is C28H22OS15. The van der Waals surface area contributed by atoms with Crippen LogP contribution in [0.5, 0.6) is 0 Å². The first-order valence-electron chi connectivity index (χ1n) is 12.4. The van der Waals surface area contributed by atoms with Gasteiger partial charge in [0.1, 0.15) is 5.78 Å². The van der Waals surface area contributed by atoms with Crippen molar-refractivity contribution in [1.29, 1.82) is 0 Å². The minimum absolute atomic E-state index is 0.0626. The molecule has 2 aliphatic rings. The zero-order chi connectivity index (χ0) is 31.0. The van der Waals surface area contributed by atoms with Crippen molar-refractivity contribution in [3.8, 4) is 22.3 Å². The van der Waals surface area contributed by atoms with Gasteiger partial charge in [0.25, 0.3) is 0 Å². The molecule has 2 aliphatic carbocycles. The molecule has 0 radical (unpaired) electrons. The van der Waals surface area contributed by atoms with Gasteiger partial charge in [0.05, 0.1) is 5.92 Å². The van der Waals surface area contributed by atoms with Crippen LogP contribution < -0.4 is 0 Å². The number of hydrogen-bond acceptors (Lipinski definition) is 3. The van der Waals surface area contributed by atoms with Crippen molar-refractivity contribution in [3.63, 3.8) is 0 Å². The Balaban J connectivity index is 0.000000151. The van der Waals surface area contributed by atoms with Gasteiger partial charge in [-0.3, -0.25) is 4.79 Å². The second-order valence-corrected chi connectivity index (χ2v) is 31.6. The highest BCUT2D eigenvalue weighted by molar-refractivity contribution is 8.76. The van der Waals surface area contributed by atoms with E-state index in [0.29, 0.717) is 0 Å². The van der Waals surface area contributed by atoms with Gasteiger partial charge in [0, 0.05) is 138 Å². The summed E-state index contributed by atoms with van der Waals surface area (Å²) in [5.41, 5.74) is 10.5. The number of rotatable bonds is 1. The molecule has 1 nitrogen and oxygen atoms in total. The molecule has 6 rings (SSSR count). The fourth-order valence-corrected chi connectivity index (χ4v) is 35.0. The molecule has 44 heavy (non-hydrogen) atoms. The van der Waals surface area contributed by atoms with Crippen molar-refractivity contribution in [3.05, 3.63) is 119 Å². The second kappa shape index (κ2) is 21.0. The van der Waals surface area contributed by atoms with E-state index >= 15 is 0 Å². The Bertz CT molecular complexity index is 2120. The normalized spacial score (nSPS) is 10.9. The molecule has 0 unspecified atom stereocenters. The van der Waals surface area contributed by atoms with Crippen LogP contribution in [-0.2, 0) is 149 Å². The van der Waals surface area contributed by atoms with Gasteiger partial charge < -0.3 is 0 Å². The SMILES string of the molecule is CC(=O)C1c2ccccc2-c2ccccc21.S=S=S=S=S=S=S=S=S=S=S=S=S=S=S.c1ccc2c(c1)Cc1ccccc1-2. The molecule has 0 saturated heterocycles. The Morgan fingerprint density at radius 2 is 0.818 bits per heavy atom. The summed E-state index contributed by atoms with van der Waals surface area (Å²) < 4.78 is 0. The molecule has 4 aromatic carbocycles. The molecule has 0 fully saturated rings. The maximum Gasteiger partial charge on any atom is 0.141 e. The Hall–Kier alpha value is -0.150. The standard InChI is InChI=1S/C15H12O.C13H10.S15/c1-10(16)15-13-8-4-2-6-11(13)12-7-3-5-9-14(12)15;1-3-7-12-10(5-1)9-11-6-2-4-8-13(11)12;1-3-5-7-9-11-13-15-14-12-10-8-6-4-2/h2-9,15H,1H3;1-8H,9H2;. The highest BCUT2D eigenvalue weighted by Gasteiger charge is 2.30. The summed E-state index contributed by atoms with van der Waals surface area (Å²) >= 11 is 9.45. The molecule has 0 atom stereocenters. The minimum atomic E-state index is -0.0626. The summed E-state index contributed by atoms with van der Waals surface area (Å²) in [6.07, 6.45) is 1.10. The Kier molecular flexibility index (Phi) is 17.5.